The van der Waals surface area contributed by atoms with E-state index in [4.69, 9.17) is 8.94 Å². The van der Waals surface area contributed by atoms with Crippen LogP contribution in [-0.4, -0.2) is 25.1 Å². The zero-order valence-corrected chi connectivity index (χ0v) is 15.2. The van der Waals surface area contributed by atoms with E-state index in [1.807, 2.05) is 13.8 Å². The highest BCUT2D eigenvalue weighted by Gasteiger charge is 2.15. The third-order valence-electron chi connectivity index (χ3n) is 3.76. The number of hydrogen-bond acceptors (Lipinski definition) is 7. The van der Waals surface area contributed by atoms with Gasteiger partial charge in [-0.25, -0.2) is 17.9 Å². The van der Waals surface area contributed by atoms with Crippen molar-refractivity contribution in [2.75, 3.05) is 6.54 Å². The SMILES string of the molecule is CC(C)c1noc(CCCNS(=O)(=O)c2ccc3oc(=O)ccc3c2)n1. The molecule has 0 atom stereocenters. The number of benzene rings is 1. The molecule has 0 saturated heterocycles. The number of hydrogen-bond donors (Lipinski definition) is 1. The third-order valence-corrected chi connectivity index (χ3v) is 5.22. The molecule has 8 nitrogen and oxygen atoms in total. The summed E-state index contributed by atoms with van der Waals surface area (Å²) < 4.78 is 37.5. The van der Waals surface area contributed by atoms with E-state index < -0.39 is 15.6 Å². The maximum absolute atomic E-state index is 12.4. The molecule has 0 spiro atoms. The fourth-order valence-corrected chi connectivity index (χ4v) is 3.46. The van der Waals surface area contributed by atoms with E-state index in [9.17, 15) is 13.2 Å². The van der Waals surface area contributed by atoms with Gasteiger partial charge in [0.15, 0.2) is 5.82 Å². The lowest BCUT2D eigenvalue weighted by Gasteiger charge is -2.06. The number of sulfonamides is 1. The molecular formula is C17H19N3O5S. The summed E-state index contributed by atoms with van der Waals surface area (Å²) in [7, 11) is -3.66. The minimum atomic E-state index is -3.66. The summed E-state index contributed by atoms with van der Waals surface area (Å²) in [6.45, 7) is 4.18. The van der Waals surface area contributed by atoms with Crippen molar-refractivity contribution in [1.29, 1.82) is 0 Å². The highest BCUT2D eigenvalue weighted by molar-refractivity contribution is 7.89. The Kier molecular flexibility index (Phi) is 5.19. The number of nitrogens with one attached hydrogen (secondary N) is 1. The van der Waals surface area contributed by atoms with Crippen LogP contribution in [-0.2, 0) is 16.4 Å². The molecule has 0 fully saturated rings. The molecule has 1 aromatic carbocycles. The van der Waals surface area contributed by atoms with Gasteiger partial charge in [0.1, 0.15) is 5.58 Å². The van der Waals surface area contributed by atoms with Crippen molar-refractivity contribution in [2.45, 2.75) is 37.5 Å². The lowest BCUT2D eigenvalue weighted by Crippen LogP contribution is -2.25. The van der Waals surface area contributed by atoms with Gasteiger partial charge in [-0.15, -0.1) is 0 Å². The summed E-state index contributed by atoms with van der Waals surface area (Å²) in [5.74, 6) is 1.32. The van der Waals surface area contributed by atoms with Crippen LogP contribution in [0.3, 0.4) is 0 Å². The Bertz CT molecular complexity index is 1070. The Morgan fingerprint density at radius 2 is 2.00 bits per heavy atom. The van der Waals surface area contributed by atoms with Gasteiger partial charge < -0.3 is 8.94 Å². The largest absolute Gasteiger partial charge is 0.423 e. The van der Waals surface area contributed by atoms with Crippen LogP contribution in [0.2, 0.25) is 0 Å². The molecular weight excluding hydrogens is 358 g/mol. The molecule has 1 N–H and O–H groups in total. The summed E-state index contributed by atoms with van der Waals surface area (Å²) in [4.78, 5) is 15.5. The van der Waals surface area contributed by atoms with E-state index in [0.29, 0.717) is 35.5 Å². The predicted molar refractivity (Wildman–Crippen MR) is 94.4 cm³/mol. The molecule has 2 aromatic heterocycles. The second-order valence-corrected chi connectivity index (χ2v) is 7.92. The Labute approximate surface area is 150 Å². The lowest BCUT2D eigenvalue weighted by molar-refractivity contribution is 0.368. The number of nitrogens with zero attached hydrogens (tertiary/aromatic N) is 2. The molecule has 9 heteroatoms. The average molecular weight is 377 g/mol. The summed E-state index contributed by atoms with van der Waals surface area (Å²) in [5, 5.41) is 4.41. The second kappa shape index (κ2) is 7.38. The quantitative estimate of drug-likeness (QED) is 0.496. The van der Waals surface area contributed by atoms with Crippen molar-refractivity contribution in [3.8, 4) is 0 Å². The normalized spacial score (nSPS) is 12.1. The first kappa shape index (κ1) is 18.3. The van der Waals surface area contributed by atoms with E-state index >= 15 is 0 Å². The van der Waals surface area contributed by atoms with E-state index in [0.717, 1.165) is 0 Å². The van der Waals surface area contributed by atoms with Crippen molar-refractivity contribution in [2.24, 2.45) is 0 Å². The van der Waals surface area contributed by atoms with Gasteiger partial charge >= 0.3 is 5.63 Å². The second-order valence-electron chi connectivity index (χ2n) is 6.16. The van der Waals surface area contributed by atoms with Crippen molar-refractivity contribution >= 4 is 21.0 Å². The first-order valence-electron chi connectivity index (χ1n) is 8.21. The zero-order chi connectivity index (χ0) is 18.7. The van der Waals surface area contributed by atoms with E-state index in [-0.39, 0.29) is 17.4 Å². The van der Waals surface area contributed by atoms with E-state index in [2.05, 4.69) is 14.9 Å². The van der Waals surface area contributed by atoms with Crippen LogP contribution >= 0.6 is 0 Å². The molecule has 0 radical (unpaired) electrons. The molecule has 138 valence electrons. The molecule has 0 aliphatic rings. The van der Waals surface area contributed by atoms with Gasteiger partial charge in [0.25, 0.3) is 0 Å². The van der Waals surface area contributed by atoms with Crippen molar-refractivity contribution in [1.82, 2.24) is 14.9 Å². The van der Waals surface area contributed by atoms with Crippen LogP contribution in [0.25, 0.3) is 11.0 Å². The third kappa shape index (κ3) is 4.17. The summed E-state index contributed by atoms with van der Waals surface area (Å²) in [6, 6.07) is 7.12. The van der Waals surface area contributed by atoms with Crippen molar-refractivity contribution < 1.29 is 17.4 Å². The Morgan fingerprint density at radius 3 is 2.73 bits per heavy atom. The van der Waals surface area contributed by atoms with Crippen molar-refractivity contribution in [3.05, 3.63) is 52.5 Å². The minimum Gasteiger partial charge on any atom is -0.423 e. The summed E-state index contributed by atoms with van der Waals surface area (Å²) >= 11 is 0. The van der Waals surface area contributed by atoms with Gasteiger partial charge in [0.05, 0.1) is 4.90 Å². The Morgan fingerprint density at radius 1 is 1.19 bits per heavy atom. The maximum atomic E-state index is 12.4. The first-order chi connectivity index (χ1) is 12.3. The molecule has 3 rings (SSSR count). The smallest absolute Gasteiger partial charge is 0.336 e. The summed E-state index contributed by atoms with van der Waals surface area (Å²) in [6.07, 6.45) is 1.02. The highest BCUT2D eigenvalue weighted by atomic mass is 32.2. The number of fused-ring (bicyclic) bond motifs is 1. The number of rotatable bonds is 7. The molecule has 0 amide bonds. The molecule has 0 bridgehead atoms. The lowest BCUT2D eigenvalue weighted by atomic mass is 10.2. The average Bonchev–Trinajstić information content (AvgIpc) is 3.07. The van der Waals surface area contributed by atoms with Gasteiger partial charge in [0.2, 0.25) is 15.9 Å². The Hall–Kier alpha value is -2.52. The fourth-order valence-electron chi connectivity index (χ4n) is 2.35. The van der Waals surface area contributed by atoms with Crippen LogP contribution in [0, 0.1) is 0 Å². The highest BCUT2D eigenvalue weighted by Crippen LogP contribution is 2.17. The van der Waals surface area contributed by atoms with Crippen LogP contribution in [0.1, 0.15) is 37.9 Å². The predicted octanol–water partition coefficient (Wildman–Crippen LogP) is 2.21. The molecule has 0 unspecified atom stereocenters. The number of aromatic nitrogens is 2. The van der Waals surface area contributed by atoms with Gasteiger partial charge in [0, 0.05) is 30.3 Å². The molecule has 0 saturated carbocycles. The summed E-state index contributed by atoms with van der Waals surface area (Å²) in [5.41, 5.74) is -0.137. The first-order valence-corrected chi connectivity index (χ1v) is 9.69. The molecule has 3 aromatic rings. The van der Waals surface area contributed by atoms with Crippen LogP contribution in [0.4, 0.5) is 0 Å². The maximum Gasteiger partial charge on any atom is 0.336 e. The molecule has 0 aliphatic carbocycles. The molecule has 2 heterocycles. The fraction of sp³-hybridized carbons (Fsp3) is 0.353. The zero-order valence-electron chi connectivity index (χ0n) is 14.4. The van der Waals surface area contributed by atoms with Gasteiger partial charge in [-0.1, -0.05) is 19.0 Å². The minimum absolute atomic E-state index is 0.110. The van der Waals surface area contributed by atoms with Crippen molar-refractivity contribution in [3.63, 3.8) is 0 Å². The van der Waals surface area contributed by atoms with E-state index in [1.54, 1.807) is 0 Å². The standard InChI is InChI=1S/C17H19N3O5S/c1-11(2)17-19-15(25-20-17)4-3-9-18-26(22,23)13-6-7-14-12(10-13)5-8-16(21)24-14/h5-8,10-11,18H,3-4,9H2,1-2H3. The number of aryl methyl sites for hydroxylation is 1. The monoisotopic (exact) mass is 377 g/mol. The van der Waals surface area contributed by atoms with Crippen LogP contribution in [0.5, 0.6) is 0 Å². The van der Waals surface area contributed by atoms with Crippen LogP contribution in [0.15, 0.2) is 49.0 Å². The van der Waals surface area contributed by atoms with E-state index in [1.165, 1.54) is 30.3 Å². The topological polar surface area (TPSA) is 115 Å². The van der Waals surface area contributed by atoms with Gasteiger partial charge in [-0.3, -0.25) is 0 Å². The van der Waals surface area contributed by atoms with Gasteiger partial charge in [-0.2, -0.15) is 4.98 Å². The van der Waals surface area contributed by atoms with Crippen LogP contribution < -0.4 is 10.3 Å². The molecule has 26 heavy (non-hydrogen) atoms. The van der Waals surface area contributed by atoms with Gasteiger partial charge in [-0.05, 0) is 30.7 Å². The molecule has 0 aliphatic heterocycles. The Balaban J connectivity index is 1.61.